The van der Waals surface area contributed by atoms with Gasteiger partial charge < -0.3 is 15.4 Å². The number of carbonyl (C=O) groups is 3. The van der Waals surface area contributed by atoms with Gasteiger partial charge in [0.25, 0.3) is 11.8 Å². The third kappa shape index (κ3) is 6.97. The molecule has 0 radical (unpaired) electrons. The molecule has 0 saturated carbocycles. The van der Waals surface area contributed by atoms with Crippen molar-refractivity contribution < 1.29 is 19.1 Å². The largest absolute Gasteiger partial charge is 0.454 e. The van der Waals surface area contributed by atoms with E-state index in [1.54, 1.807) is 54.6 Å². The summed E-state index contributed by atoms with van der Waals surface area (Å²) in [5, 5.41) is 14.2. The highest BCUT2D eigenvalue weighted by atomic mass is 32.2. The van der Waals surface area contributed by atoms with Crippen molar-refractivity contribution in [2.24, 2.45) is 0 Å². The zero-order valence-corrected chi connectivity index (χ0v) is 16.7. The zero-order valence-electron chi connectivity index (χ0n) is 15.9. The Bertz CT molecular complexity index is 896. The van der Waals surface area contributed by atoms with Crippen molar-refractivity contribution in [3.8, 4) is 6.07 Å². The quantitative estimate of drug-likeness (QED) is 0.614. The maximum Gasteiger partial charge on any atom is 0.329 e. The van der Waals surface area contributed by atoms with Crippen LogP contribution in [0, 0.1) is 11.3 Å². The summed E-state index contributed by atoms with van der Waals surface area (Å²) < 4.78 is 5.09. The Kier molecular flexibility index (Phi) is 8.73. The van der Waals surface area contributed by atoms with Crippen LogP contribution < -0.4 is 10.6 Å². The monoisotopic (exact) mass is 411 g/mol. The van der Waals surface area contributed by atoms with Gasteiger partial charge in [-0.15, -0.1) is 0 Å². The lowest BCUT2D eigenvalue weighted by Gasteiger charge is -2.17. The minimum absolute atomic E-state index is 0.306. The molecule has 0 aliphatic heterocycles. The lowest BCUT2D eigenvalue weighted by Crippen LogP contribution is -2.43. The van der Waals surface area contributed by atoms with Gasteiger partial charge in [0, 0.05) is 5.56 Å². The molecular weight excluding hydrogens is 390 g/mol. The van der Waals surface area contributed by atoms with Crippen molar-refractivity contribution in [3.05, 3.63) is 65.7 Å². The molecule has 0 spiro atoms. The van der Waals surface area contributed by atoms with Crippen molar-refractivity contribution in [2.75, 3.05) is 23.9 Å². The summed E-state index contributed by atoms with van der Waals surface area (Å²) in [5.74, 6) is -1.01. The SMILES string of the molecule is CSCC[C@@H](NC(=O)c1ccccc1)C(=O)OCC(=O)Nc1ccccc1C#N. The van der Waals surface area contributed by atoms with Crippen LogP contribution in [0.5, 0.6) is 0 Å². The highest BCUT2D eigenvalue weighted by Gasteiger charge is 2.23. The van der Waals surface area contributed by atoms with Crippen LogP contribution in [0.15, 0.2) is 54.6 Å². The summed E-state index contributed by atoms with van der Waals surface area (Å²) in [6.07, 6.45) is 2.26. The summed E-state index contributed by atoms with van der Waals surface area (Å²) in [5.41, 5.74) is 1.08. The Morgan fingerprint density at radius 3 is 2.48 bits per heavy atom. The lowest BCUT2D eigenvalue weighted by molar-refractivity contribution is -0.149. The molecule has 2 aromatic rings. The number of nitriles is 1. The maximum absolute atomic E-state index is 12.4. The van der Waals surface area contributed by atoms with Crippen molar-refractivity contribution >= 4 is 35.2 Å². The number of amides is 2. The fourth-order valence-corrected chi connectivity index (χ4v) is 2.90. The van der Waals surface area contributed by atoms with E-state index in [1.807, 2.05) is 12.3 Å². The second-order valence-corrected chi connectivity index (χ2v) is 6.97. The Labute approximate surface area is 173 Å². The Hall–Kier alpha value is -3.31. The fraction of sp³-hybridized carbons (Fsp3) is 0.238. The molecule has 2 amide bonds. The van der Waals surface area contributed by atoms with Gasteiger partial charge in [-0.3, -0.25) is 9.59 Å². The van der Waals surface area contributed by atoms with E-state index in [2.05, 4.69) is 10.6 Å². The number of ether oxygens (including phenoxy) is 1. The minimum atomic E-state index is -0.866. The molecule has 2 aromatic carbocycles. The van der Waals surface area contributed by atoms with E-state index in [0.29, 0.717) is 29.0 Å². The first-order valence-corrected chi connectivity index (χ1v) is 10.2. The van der Waals surface area contributed by atoms with Gasteiger partial charge in [0.05, 0.1) is 11.3 Å². The number of para-hydroxylation sites is 1. The molecule has 0 heterocycles. The van der Waals surface area contributed by atoms with Crippen molar-refractivity contribution in [1.82, 2.24) is 5.32 Å². The first-order chi connectivity index (χ1) is 14.0. The zero-order chi connectivity index (χ0) is 21.1. The van der Waals surface area contributed by atoms with Crippen LogP contribution in [0.25, 0.3) is 0 Å². The molecule has 8 heteroatoms. The normalized spacial score (nSPS) is 11.0. The van der Waals surface area contributed by atoms with E-state index in [-0.39, 0.29) is 5.91 Å². The smallest absolute Gasteiger partial charge is 0.329 e. The standard InChI is InChI=1S/C21H21N3O4S/c1-29-12-11-18(24-20(26)15-7-3-2-4-8-15)21(27)28-14-19(25)23-17-10-6-5-9-16(17)13-22/h2-10,18H,11-12,14H2,1H3,(H,23,25)(H,24,26)/t18-/m1/s1. The van der Waals surface area contributed by atoms with Crippen LogP contribution in [-0.2, 0) is 14.3 Å². The first kappa shape index (κ1) is 22.0. The third-order valence-corrected chi connectivity index (χ3v) is 4.55. The number of carbonyl (C=O) groups excluding carboxylic acids is 3. The van der Waals surface area contributed by atoms with Gasteiger partial charge in [0.1, 0.15) is 12.1 Å². The maximum atomic E-state index is 12.4. The topological polar surface area (TPSA) is 108 Å². The second-order valence-electron chi connectivity index (χ2n) is 5.99. The van der Waals surface area contributed by atoms with E-state index in [0.717, 1.165) is 0 Å². The predicted octanol–water partition coefficient (Wildman–Crippen LogP) is 2.59. The number of nitrogens with zero attached hydrogens (tertiary/aromatic N) is 1. The number of hydrogen-bond donors (Lipinski definition) is 2. The minimum Gasteiger partial charge on any atom is -0.454 e. The average molecular weight is 411 g/mol. The number of nitrogens with one attached hydrogen (secondary N) is 2. The lowest BCUT2D eigenvalue weighted by atomic mass is 10.1. The van der Waals surface area contributed by atoms with Crippen LogP contribution in [0.2, 0.25) is 0 Å². The molecule has 7 nitrogen and oxygen atoms in total. The number of benzene rings is 2. The number of hydrogen-bond acceptors (Lipinski definition) is 6. The molecule has 1 atom stereocenters. The molecule has 0 saturated heterocycles. The molecular formula is C21H21N3O4S. The molecule has 0 fully saturated rings. The molecule has 0 aliphatic rings. The van der Waals surface area contributed by atoms with Crippen molar-refractivity contribution in [1.29, 1.82) is 5.26 Å². The van der Waals surface area contributed by atoms with Crippen LogP contribution in [-0.4, -0.2) is 42.4 Å². The summed E-state index contributed by atoms with van der Waals surface area (Å²) in [6.45, 7) is -0.518. The summed E-state index contributed by atoms with van der Waals surface area (Å²) in [7, 11) is 0. The fourth-order valence-electron chi connectivity index (χ4n) is 2.43. The van der Waals surface area contributed by atoms with Crippen LogP contribution in [0.4, 0.5) is 5.69 Å². The number of esters is 1. The molecule has 0 bridgehead atoms. The van der Waals surface area contributed by atoms with E-state index in [1.165, 1.54) is 11.8 Å². The molecule has 2 N–H and O–H groups in total. The van der Waals surface area contributed by atoms with E-state index < -0.39 is 24.5 Å². The predicted molar refractivity (Wildman–Crippen MR) is 111 cm³/mol. The van der Waals surface area contributed by atoms with Crippen molar-refractivity contribution in [2.45, 2.75) is 12.5 Å². The van der Waals surface area contributed by atoms with E-state index in [9.17, 15) is 14.4 Å². The number of rotatable bonds is 9. The third-order valence-electron chi connectivity index (χ3n) is 3.90. The number of anilines is 1. The van der Waals surface area contributed by atoms with E-state index >= 15 is 0 Å². The van der Waals surface area contributed by atoms with Gasteiger partial charge >= 0.3 is 5.97 Å². The molecule has 150 valence electrons. The summed E-state index contributed by atoms with van der Waals surface area (Å²) >= 11 is 1.53. The Morgan fingerprint density at radius 1 is 1.10 bits per heavy atom. The molecule has 0 aliphatic carbocycles. The van der Waals surface area contributed by atoms with Crippen LogP contribution in [0.1, 0.15) is 22.3 Å². The van der Waals surface area contributed by atoms with Gasteiger partial charge in [-0.1, -0.05) is 30.3 Å². The van der Waals surface area contributed by atoms with Gasteiger partial charge in [0.2, 0.25) is 0 Å². The van der Waals surface area contributed by atoms with Crippen LogP contribution in [0.3, 0.4) is 0 Å². The molecule has 2 rings (SSSR count). The van der Waals surface area contributed by atoms with Crippen LogP contribution >= 0.6 is 11.8 Å². The molecule has 0 aromatic heterocycles. The Balaban J connectivity index is 1.94. The first-order valence-electron chi connectivity index (χ1n) is 8.85. The van der Waals surface area contributed by atoms with Gasteiger partial charge in [-0.05, 0) is 42.7 Å². The van der Waals surface area contributed by atoms with Gasteiger partial charge in [0.15, 0.2) is 6.61 Å². The van der Waals surface area contributed by atoms with Crippen molar-refractivity contribution in [3.63, 3.8) is 0 Å². The summed E-state index contributed by atoms with van der Waals surface area (Å²) in [6, 6.07) is 16.2. The second kappa shape index (κ2) is 11.5. The number of thioether (sulfide) groups is 1. The summed E-state index contributed by atoms with van der Waals surface area (Å²) in [4.78, 5) is 36.8. The van der Waals surface area contributed by atoms with E-state index in [4.69, 9.17) is 10.00 Å². The molecule has 0 unspecified atom stereocenters. The molecule has 29 heavy (non-hydrogen) atoms. The van der Waals surface area contributed by atoms with Gasteiger partial charge in [-0.25, -0.2) is 4.79 Å². The highest BCUT2D eigenvalue weighted by Crippen LogP contribution is 2.13. The van der Waals surface area contributed by atoms with Gasteiger partial charge in [-0.2, -0.15) is 17.0 Å². The highest BCUT2D eigenvalue weighted by molar-refractivity contribution is 7.98. The Morgan fingerprint density at radius 2 is 1.79 bits per heavy atom. The average Bonchev–Trinajstić information content (AvgIpc) is 2.75.